The number of nitrogens with zero attached hydrogens (tertiary/aromatic N) is 1. The van der Waals surface area contributed by atoms with Gasteiger partial charge in [0.1, 0.15) is 11.5 Å². The van der Waals surface area contributed by atoms with E-state index < -0.39 is 5.91 Å². The largest absolute Gasteiger partial charge is 0.497 e. The van der Waals surface area contributed by atoms with Crippen LogP contribution >= 0.6 is 0 Å². The molecule has 1 aromatic heterocycles. The van der Waals surface area contributed by atoms with E-state index in [0.29, 0.717) is 22.2 Å². The number of methoxy groups -OCH3 is 2. The SMILES string of the molecule is COc1ccc(-c2cc(NC(=O)c3n[nH]c(=O)c4ccccc34)ccc2OC)cc1. The monoisotopic (exact) mass is 401 g/mol. The topological polar surface area (TPSA) is 93.3 Å². The molecular weight excluding hydrogens is 382 g/mol. The van der Waals surface area contributed by atoms with Gasteiger partial charge >= 0.3 is 0 Å². The van der Waals surface area contributed by atoms with Gasteiger partial charge in [-0.1, -0.05) is 30.3 Å². The molecule has 7 heteroatoms. The number of ether oxygens (including phenoxy) is 2. The highest BCUT2D eigenvalue weighted by Crippen LogP contribution is 2.33. The van der Waals surface area contributed by atoms with Crippen LogP contribution in [0.2, 0.25) is 0 Å². The number of hydrogen-bond acceptors (Lipinski definition) is 5. The molecular formula is C23H19N3O4. The van der Waals surface area contributed by atoms with Crippen molar-refractivity contribution in [1.82, 2.24) is 10.2 Å². The van der Waals surface area contributed by atoms with Crippen LogP contribution in [-0.2, 0) is 0 Å². The number of fused-ring (bicyclic) bond motifs is 1. The normalized spacial score (nSPS) is 10.6. The highest BCUT2D eigenvalue weighted by molar-refractivity contribution is 6.11. The summed E-state index contributed by atoms with van der Waals surface area (Å²) in [6.07, 6.45) is 0. The minimum absolute atomic E-state index is 0.145. The van der Waals surface area contributed by atoms with Gasteiger partial charge in [0.15, 0.2) is 5.69 Å². The zero-order valence-electron chi connectivity index (χ0n) is 16.4. The molecule has 0 saturated carbocycles. The summed E-state index contributed by atoms with van der Waals surface area (Å²) in [6.45, 7) is 0. The van der Waals surface area contributed by atoms with Crippen molar-refractivity contribution in [3.63, 3.8) is 0 Å². The van der Waals surface area contributed by atoms with Crippen LogP contribution < -0.4 is 20.3 Å². The smallest absolute Gasteiger partial charge is 0.276 e. The summed E-state index contributed by atoms with van der Waals surface area (Å²) < 4.78 is 10.7. The molecule has 0 aliphatic rings. The fraction of sp³-hybridized carbons (Fsp3) is 0.0870. The van der Waals surface area contributed by atoms with Gasteiger partial charge in [-0.3, -0.25) is 9.59 Å². The Balaban J connectivity index is 1.69. The molecule has 2 N–H and O–H groups in total. The quantitative estimate of drug-likeness (QED) is 0.530. The number of aromatic nitrogens is 2. The van der Waals surface area contributed by atoms with Crippen molar-refractivity contribution in [2.24, 2.45) is 0 Å². The van der Waals surface area contributed by atoms with Crippen LogP contribution in [0, 0.1) is 0 Å². The van der Waals surface area contributed by atoms with Crippen molar-refractivity contribution >= 4 is 22.4 Å². The van der Waals surface area contributed by atoms with E-state index in [4.69, 9.17) is 9.47 Å². The average molecular weight is 401 g/mol. The third-order valence-corrected chi connectivity index (χ3v) is 4.77. The van der Waals surface area contributed by atoms with E-state index in [9.17, 15) is 9.59 Å². The van der Waals surface area contributed by atoms with Gasteiger partial charge in [-0.05, 0) is 42.0 Å². The van der Waals surface area contributed by atoms with Crippen LogP contribution in [0.3, 0.4) is 0 Å². The van der Waals surface area contributed by atoms with Gasteiger partial charge in [0.2, 0.25) is 0 Å². The molecule has 4 rings (SSSR count). The van der Waals surface area contributed by atoms with E-state index in [1.165, 1.54) is 0 Å². The lowest BCUT2D eigenvalue weighted by molar-refractivity contribution is 0.102. The van der Waals surface area contributed by atoms with Gasteiger partial charge < -0.3 is 14.8 Å². The molecule has 0 bridgehead atoms. The second-order valence-corrected chi connectivity index (χ2v) is 6.54. The number of anilines is 1. The highest BCUT2D eigenvalue weighted by Gasteiger charge is 2.15. The number of H-pyrrole nitrogens is 1. The van der Waals surface area contributed by atoms with Crippen LogP contribution in [0.5, 0.6) is 11.5 Å². The fourth-order valence-corrected chi connectivity index (χ4v) is 3.26. The van der Waals surface area contributed by atoms with E-state index in [-0.39, 0.29) is 11.3 Å². The first-order valence-corrected chi connectivity index (χ1v) is 9.22. The Hall–Kier alpha value is -4.13. The minimum atomic E-state index is -0.423. The number of benzene rings is 3. The number of nitrogens with one attached hydrogen (secondary N) is 2. The average Bonchev–Trinajstić information content (AvgIpc) is 2.79. The standard InChI is InChI=1S/C23H19N3O4/c1-29-16-10-7-14(8-11-16)19-13-15(9-12-20(19)30-2)24-23(28)21-17-5-3-4-6-18(17)22(27)26-25-21/h3-13H,1-2H3,(H,24,28)(H,26,27). The number of rotatable bonds is 5. The molecule has 30 heavy (non-hydrogen) atoms. The maximum atomic E-state index is 12.9. The van der Waals surface area contributed by atoms with Gasteiger partial charge in [-0.2, -0.15) is 5.10 Å². The van der Waals surface area contributed by atoms with E-state index >= 15 is 0 Å². The van der Waals surface area contributed by atoms with Crippen molar-refractivity contribution in [3.05, 3.63) is 82.8 Å². The Kier molecular flexibility index (Phi) is 5.17. The van der Waals surface area contributed by atoms with E-state index in [0.717, 1.165) is 16.9 Å². The van der Waals surface area contributed by atoms with E-state index in [1.807, 2.05) is 30.3 Å². The lowest BCUT2D eigenvalue weighted by Gasteiger charge is -2.13. The third-order valence-electron chi connectivity index (χ3n) is 4.77. The molecule has 0 atom stereocenters. The van der Waals surface area contributed by atoms with Crippen molar-refractivity contribution in [2.75, 3.05) is 19.5 Å². The van der Waals surface area contributed by atoms with Crippen LogP contribution in [0.25, 0.3) is 21.9 Å². The van der Waals surface area contributed by atoms with Crippen molar-refractivity contribution in [3.8, 4) is 22.6 Å². The predicted octanol–water partition coefficient (Wildman–Crippen LogP) is 3.86. The maximum absolute atomic E-state index is 12.9. The molecule has 0 fully saturated rings. The Morgan fingerprint density at radius 3 is 2.37 bits per heavy atom. The van der Waals surface area contributed by atoms with E-state index in [1.54, 1.807) is 50.6 Å². The van der Waals surface area contributed by atoms with Crippen molar-refractivity contribution in [2.45, 2.75) is 0 Å². The third kappa shape index (κ3) is 3.60. The first-order valence-electron chi connectivity index (χ1n) is 9.22. The van der Waals surface area contributed by atoms with Crippen LogP contribution in [0.4, 0.5) is 5.69 Å². The molecule has 0 saturated heterocycles. The molecule has 7 nitrogen and oxygen atoms in total. The van der Waals surface area contributed by atoms with Gasteiger partial charge in [0.05, 0.1) is 19.6 Å². The van der Waals surface area contributed by atoms with Gasteiger partial charge in [-0.15, -0.1) is 0 Å². The molecule has 0 radical (unpaired) electrons. The van der Waals surface area contributed by atoms with E-state index in [2.05, 4.69) is 15.5 Å². The van der Waals surface area contributed by atoms with Crippen molar-refractivity contribution in [1.29, 1.82) is 0 Å². The predicted molar refractivity (Wildman–Crippen MR) is 115 cm³/mol. The lowest BCUT2D eigenvalue weighted by atomic mass is 10.0. The number of hydrogen-bond donors (Lipinski definition) is 2. The number of amides is 1. The molecule has 4 aromatic rings. The number of carbonyl (C=O) groups is 1. The molecule has 0 aliphatic carbocycles. The Bertz CT molecular complexity index is 1280. The molecule has 3 aromatic carbocycles. The molecule has 150 valence electrons. The van der Waals surface area contributed by atoms with Crippen LogP contribution in [0.15, 0.2) is 71.5 Å². The molecule has 1 heterocycles. The molecule has 0 aliphatic heterocycles. The Morgan fingerprint density at radius 1 is 0.933 bits per heavy atom. The molecule has 1 amide bonds. The summed E-state index contributed by atoms with van der Waals surface area (Å²) in [6, 6.07) is 19.8. The lowest BCUT2D eigenvalue weighted by Crippen LogP contribution is -2.19. The summed E-state index contributed by atoms with van der Waals surface area (Å²) in [5, 5.41) is 10.1. The van der Waals surface area contributed by atoms with Gasteiger partial charge in [-0.25, -0.2) is 5.10 Å². The summed E-state index contributed by atoms with van der Waals surface area (Å²) in [7, 11) is 3.21. The van der Waals surface area contributed by atoms with Crippen LogP contribution in [0.1, 0.15) is 10.5 Å². The zero-order chi connectivity index (χ0) is 21.1. The van der Waals surface area contributed by atoms with Gasteiger partial charge in [0.25, 0.3) is 11.5 Å². The Labute approximate surface area is 172 Å². The summed E-state index contributed by atoms with van der Waals surface area (Å²) in [5.74, 6) is 0.997. The second kappa shape index (κ2) is 8.08. The first kappa shape index (κ1) is 19.2. The maximum Gasteiger partial charge on any atom is 0.276 e. The summed E-state index contributed by atoms with van der Waals surface area (Å²) in [4.78, 5) is 24.8. The highest BCUT2D eigenvalue weighted by atomic mass is 16.5. The summed E-state index contributed by atoms with van der Waals surface area (Å²) >= 11 is 0. The second-order valence-electron chi connectivity index (χ2n) is 6.54. The first-order chi connectivity index (χ1) is 14.6. The molecule has 0 unspecified atom stereocenters. The zero-order valence-corrected chi connectivity index (χ0v) is 16.4. The number of carbonyl (C=O) groups excluding carboxylic acids is 1. The number of aromatic amines is 1. The van der Waals surface area contributed by atoms with Crippen LogP contribution in [-0.4, -0.2) is 30.3 Å². The fourth-order valence-electron chi connectivity index (χ4n) is 3.26. The molecule has 0 spiro atoms. The summed E-state index contributed by atoms with van der Waals surface area (Å²) in [5.41, 5.74) is 2.11. The van der Waals surface area contributed by atoms with Crippen molar-refractivity contribution < 1.29 is 14.3 Å². The minimum Gasteiger partial charge on any atom is -0.497 e. The van der Waals surface area contributed by atoms with Gasteiger partial charge in [0, 0.05) is 16.6 Å². The Morgan fingerprint density at radius 2 is 1.67 bits per heavy atom.